The zero-order valence-electron chi connectivity index (χ0n) is 14.3. The molecule has 0 amide bonds. The highest BCUT2D eigenvalue weighted by atomic mass is 16.5. The first-order valence-corrected chi connectivity index (χ1v) is 8.91. The molecule has 1 aromatic rings. The van der Waals surface area contributed by atoms with Crippen molar-refractivity contribution in [3.05, 3.63) is 23.8 Å². The number of unbranched alkanes of at least 4 members (excludes halogenated alkanes) is 2. The zero-order chi connectivity index (χ0) is 15.8. The molecular formula is C19H32NO2+. The predicted molar refractivity (Wildman–Crippen MR) is 91.5 cm³/mol. The molecule has 0 spiro atoms. The number of ether oxygens (including phenoxy) is 1. The van der Waals surface area contributed by atoms with E-state index in [9.17, 15) is 5.11 Å². The van der Waals surface area contributed by atoms with Gasteiger partial charge in [0.1, 0.15) is 0 Å². The molecule has 1 N–H and O–H groups in total. The van der Waals surface area contributed by atoms with Crippen LogP contribution >= 0.6 is 0 Å². The average Bonchev–Trinajstić information content (AvgIpc) is 2.50. The second kappa shape index (κ2) is 8.42. The molecule has 0 aliphatic carbocycles. The van der Waals surface area contributed by atoms with E-state index in [1.807, 2.05) is 19.1 Å². The molecule has 1 aliphatic rings. The minimum absolute atomic E-state index is 0.269. The van der Waals surface area contributed by atoms with E-state index in [2.05, 4.69) is 13.1 Å². The maximum Gasteiger partial charge on any atom is 0.160 e. The Labute approximate surface area is 135 Å². The Morgan fingerprint density at radius 2 is 1.86 bits per heavy atom. The summed E-state index contributed by atoms with van der Waals surface area (Å²) < 4.78 is 6.64. The highest BCUT2D eigenvalue weighted by Crippen LogP contribution is 2.27. The summed E-state index contributed by atoms with van der Waals surface area (Å²) in [7, 11) is 2.42. The molecular weight excluding hydrogens is 274 g/mol. The minimum Gasteiger partial charge on any atom is -0.504 e. The highest BCUT2D eigenvalue weighted by Gasteiger charge is 2.23. The number of nitrogens with zero attached hydrogens (tertiary/aromatic N) is 1. The van der Waals surface area contributed by atoms with Gasteiger partial charge in [0.2, 0.25) is 0 Å². The van der Waals surface area contributed by atoms with E-state index < -0.39 is 0 Å². The number of quaternary nitrogens is 1. The van der Waals surface area contributed by atoms with E-state index in [0.29, 0.717) is 12.4 Å². The molecule has 2 rings (SSSR count). The van der Waals surface area contributed by atoms with Gasteiger partial charge in [0.25, 0.3) is 0 Å². The number of phenolic OH excluding ortho intramolecular Hbond substituents is 1. The van der Waals surface area contributed by atoms with Crippen LogP contribution in [0, 0.1) is 0 Å². The fourth-order valence-electron chi connectivity index (χ4n) is 3.49. The summed E-state index contributed by atoms with van der Waals surface area (Å²) in [5.74, 6) is 0.861. The Hall–Kier alpha value is -1.22. The quantitative estimate of drug-likeness (QED) is 0.578. The van der Waals surface area contributed by atoms with Gasteiger partial charge in [-0.15, -0.1) is 0 Å². The van der Waals surface area contributed by atoms with E-state index in [1.165, 1.54) is 68.2 Å². The third-order valence-electron chi connectivity index (χ3n) is 4.88. The topological polar surface area (TPSA) is 29.5 Å². The fourth-order valence-corrected chi connectivity index (χ4v) is 3.49. The van der Waals surface area contributed by atoms with Crippen molar-refractivity contribution in [1.82, 2.24) is 0 Å². The van der Waals surface area contributed by atoms with Gasteiger partial charge < -0.3 is 14.3 Å². The Morgan fingerprint density at radius 3 is 2.55 bits per heavy atom. The summed E-state index contributed by atoms with van der Waals surface area (Å²) in [6.45, 7) is 6.58. The van der Waals surface area contributed by atoms with Crippen molar-refractivity contribution < 1.29 is 14.3 Å². The van der Waals surface area contributed by atoms with Gasteiger partial charge in [0.15, 0.2) is 11.5 Å². The van der Waals surface area contributed by atoms with E-state index in [-0.39, 0.29) is 5.75 Å². The maximum absolute atomic E-state index is 9.90. The third-order valence-corrected chi connectivity index (χ3v) is 4.88. The first kappa shape index (κ1) is 17.1. The van der Waals surface area contributed by atoms with Gasteiger partial charge >= 0.3 is 0 Å². The molecule has 1 saturated heterocycles. The van der Waals surface area contributed by atoms with Crippen molar-refractivity contribution in [2.75, 3.05) is 33.3 Å². The maximum atomic E-state index is 9.90. The number of piperidine rings is 1. The second-order valence-corrected chi connectivity index (χ2v) is 6.90. The highest BCUT2D eigenvalue weighted by molar-refractivity contribution is 5.41. The van der Waals surface area contributed by atoms with Crippen molar-refractivity contribution >= 4 is 0 Å². The predicted octanol–water partition coefficient (Wildman–Crippen LogP) is 4.13. The molecule has 3 nitrogen and oxygen atoms in total. The van der Waals surface area contributed by atoms with Crippen LogP contribution in [0.2, 0.25) is 0 Å². The smallest absolute Gasteiger partial charge is 0.160 e. The summed E-state index contributed by atoms with van der Waals surface area (Å²) in [6, 6.07) is 5.81. The SMILES string of the molecule is CCOc1ccc(CCCCC[N+]2(C)CCCCC2)cc1O. The summed E-state index contributed by atoms with van der Waals surface area (Å²) >= 11 is 0. The van der Waals surface area contributed by atoms with E-state index in [1.54, 1.807) is 0 Å². The van der Waals surface area contributed by atoms with Crippen molar-refractivity contribution in [3.8, 4) is 11.5 Å². The number of aryl methyl sites for hydroxylation is 1. The second-order valence-electron chi connectivity index (χ2n) is 6.90. The van der Waals surface area contributed by atoms with Crippen LogP contribution < -0.4 is 4.74 Å². The standard InChI is InChI=1S/C19H31NO2/c1-3-22-19-12-11-17(16-18(19)21)10-6-4-7-13-20(2)14-8-5-9-15-20/h11-12,16H,3-10,13-15H2,1-2H3/p+1. The third kappa shape index (κ3) is 5.20. The Balaban J connectivity index is 1.67. The normalized spacial score (nSPS) is 17.4. The van der Waals surface area contributed by atoms with E-state index in [0.717, 1.165) is 6.42 Å². The van der Waals surface area contributed by atoms with Gasteiger partial charge in [-0.1, -0.05) is 6.07 Å². The van der Waals surface area contributed by atoms with Crippen molar-refractivity contribution in [3.63, 3.8) is 0 Å². The molecule has 1 aliphatic heterocycles. The molecule has 124 valence electrons. The molecule has 22 heavy (non-hydrogen) atoms. The molecule has 0 unspecified atom stereocenters. The minimum atomic E-state index is 0.269. The number of phenols is 1. The van der Waals surface area contributed by atoms with Crippen LogP contribution in [0.25, 0.3) is 0 Å². The largest absolute Gasteiger partial charge is 0.504 e. The van der Waals surface area contributed by atoms with Gasteiger partial charge in [-0.25, -0.2) is 0 Å². The Morgan fingerprint density at radius 1 is 1.09 bits per heavy atom. The molecule has 0 aromatic heterocycles. The lowest BCUT2D eigenvalue weighted by Crippen LogP contribution is -2.48. The first-order chi connectivity index (χ1) is 10.6. The van der Waals surface area contributed by atoms with Crippen molar-refractivity contribution in [2.24, 2.45) is 0 Å². The van der Waals surface area contributed by atoms with Gasteiger partial charge in [0.05, 0.1) is 33.3 Å². The zero-order valence-corrected chi connectivity index (χ0v) is 14.3. The number of likely N-dealkylation sites (tertiary alicyclic amines) is 1. The van der Waals surface area contributed by atoms with Crippen LogP contribution in [0.3, 0.4) is 0 Å². The van der Waals surface area contributed by atoms with Gasteiger partial charge in [-0.05, 0) is 69.6 Å². The number of benzene rings is 1. The molecule has 1 aromatic carbocycles. The van der Waals surface area contributed by atoms with Crippen LogP contribution in [-0.4, -0.2) is 42.9 Å². The number of aromatic hydroxyl groups is 1. The fraction of sp³-hybridized carbons (Fsp3) is 0.684. The average molecular weight is 306 g/mol. The van der Waals surface area contributed by atoms with Crippen molar-refractivity contribution in [1.29, 1.82) is 0 Å². The monoisotopic (exact) mass is 306 g/mol. The first-order valence-electron chi connectivity index (χ1n) is 8.91. The summed E-state index contributed by atoms with van der Waals surface area (Å²) in [6.07, 6.45) is 9.08. The van der Waals surface area contributed by atoms with Crippen LogP contribution in [0.1, 0.15) is 51.0 Å². The molecule has 3 heteroatoms. The van der Waals surface area contributed by atoms with Gasteiger partial charge in [-0.2, -0.15) is 0 Å². The Kier molecular flexibility index (Phi) is 6.56. The summed E-state index contributed by atoms with van der Waals surface area (Å²) in [4.78, 5) is 0. The molecule has 0 radical (unpaired) electrons. The number of hydrogen-bond donors (Lipinski definition) is 1. The molecule has 1 heterocycles. The molecule has 0 saturated carbocycles. The van der Waals surface area contributed by atoms with Crippen LogP contribution in [0.15, 0.2) is 18.2 Å². The van der Waals surface area contributed by atoms with E-state index in [4.69, 9.17) is 4.74 Å². The Bertz CT molecular complexity index is 453. The van der Waals surface area contributed by atoms with Crippen LogP contribution in [0.4, 0.5) is 0 Å². The van der Waals surface area contributed by atoms with Gasteiger partial charge in [0, 0.05) is 0 Å². The number of hydrogen-bond acceptors (Lipinski definition) is 2. The number of rotatable bonds is 8. The molecule has 0 bridgehead atoms. The van der Waals surface area contributed by atoms with Crippen LogP contribution in [-0.2, 0) is 6.42 Å². The van der Waals surface area contributed by atoms with Gasteiger partial charge in [-0.3, -0.25) is 0 Å². The lowest BCUT2D eigenvalue weighted by molar-refractivity contribution is -0.914. The summed E-state index contributed by atoms with van der Waals surface area (Å²) in [5.41, 5.74) is 1.21. The lowest BCUT2D eigenvalue weighted by atomic mass is 10.0. The van der Waals surface area contributed by atoms with Crippen molar-refractivity contribution in [2.45, 2.75) is 51.9 Å². The van der Waals surface area contributed by atoms with Crippen LogP contribution in [0.5, 0.6) is 11.5 Å². The molecule has 0 atom stereocenters. The van der Waals surface area contributed by atoms with E-state index >= 15 is 0 Å². The summed E-state index contributed by atoms with van der Waals surface area (Å²) in [5, 5.41) is 9.90. The molecule has 1 fully saturated rings. The lowest BCUT2D eigenvalue weighted by Gasteiger charge is -2.37.